The van der Waals surface area contributed by atoms with Crippen LogP contribution in [0.5, 0.6) is 0 Å². The minimum atomic E-state index is -0.602. The summed E-state index contributed by atoms with van der Waals surface area (Å²) in [5.41, 5.74) is -0.292. The van der Waals surface area contributed by atoms with Gasteiger partial charge in [-0.2, -0.15) is 0 Å². The second-order valence-corrected chi connectivity index (χ2v) is 3.44. The van der Waals surface area contributed by atoms with E-state index in [0.29, 0.717) is 0 Å². The normalized spacial score (nSPS) is 9.56. The van der Waals surface area contributed by atoms with Gasteiger partial charge in [0, 0.05) is 31.5 Å². The second kappa shape index (κ2) is 6.29. The molecule has 0 spiro atoms. The predicted octanol–water partition coefficient (Wildman–Crippen LogP) is 1.80. The van der Waals surface area contributed by atoms with Gasteiger partial charge in [0.05, 0.1) is 4.92 Å². The van der Waals surface area contributed by atoms with Crippen molar-refractivity contribution < 1.29 is 9.72 Å². The van der Waals surface area contributed by atoms with Crippen molar-refractivity contribution in [3.8, 4) is 0 Å². The number of hydrogen-bond donors (Lipinski definition) is 0. The minimum absolute atomic E-state index is 0.0359. The summed E-state index contributed by atoms with van der Waals surface area (Å²) in [5, 5.41) is 10.8. The average Bonchev–Trinajstić information content (AvgIpc) is 2.37. The van der Waals surface area contributed by atoms with Crippen molar-refractivity contribution in [2.45, 2.75) is 0 Å². The van der Waals surface area contributed by atoms with E-state index in [-0.39, 0.29) is 24.3 Å². The Kier molecular flexibility index (Phi) is 4.74. The number of nitrogens with zero attached hydrogens (tertiary/aromatic N) is 3. The van der Waals surface area contributed by atoms with Crippen LogP contribution in [0.2, 0.25) is 0 Å². The van der Waals surface area contributed by atoms with Crippen LogP contribution in [0.15, 0.2) is 43.8 Å². The van der Waals surface area contributed by atoms with Gasteiger partial charge in [0.1, 0.15) is 5.56 Å². The molecule has 0 fully saturated rings. The van der Waals surface area contributed by atoms with Crippen LogP contribution in [-0.4, -0.2) is 33.8 Å². The number of nitro groups is 1. The average molecular weight is 247 g/mol. The van der Waals surface area contributed by atoms with E-state index in [1.807, 2.05) is 0 Å². The van der Waals surface area contributed by atoms with Crippen LogP contribution in [-0.2, 0) is 0 Å². The number of carbonyl (C=O) groups is 1. The lowest BCUT2D eigenvalue weighted by molar-refractivity contribution is -0.385. The van der Waals surface area contributed by atoms with Crippen molar-refractivity contribution in [1.29, 1.82) is 0 Å². The molecule has 1 rings (SSSR count). The number of hydrogen-bond acceptors (Lipinski definition) is 4. The van der Waals surface area contributed by atoms with E-state index in [4.69, 9.17) is 0 Å². The molecule has 0 aliphatic heterocycles. The number of pyridine rings is 1. The molecule has 94 valence electrons. The second-order valence-electron chi connectivity index (χ2n) is 3.44. The molecule has 0 N–H and O–H groups in total. The molecule has 0 aromatic carbocycles. The SMILES string of the molecule is C=CCN(CC=C)C(=O)c1cnccc1[N+](=O)[O-]. The van der Waals surface area contributed by atoms with Gasteiger partial charge < -0.3 is 4.90 Å². The predicted molar refractivity (Wildman–Crippen MR) is 67.2 cm³/mol. The Balaban J connectivity index is 3.11. The summed E-state index contributed by atoms with van der Waals surface area (Å²) < 4.78 is 0. The number of amides is 1. The molecule has 0 aliphatic carbocycles. The van der Waals surface area contributed by atoms with E-state index in [1.165, 1.54) is 23.4 Å². The first-order chi connectivity index (χ1) is 8.61. The van der Waals surface area contributed by atoms with Crippen LogP contribution >= 0.6 is 0 Å². The van der Waals surface area contributed by atoms with Gasteiger partial charge in [0.2, 0.25) is 0 Å². The zero-order valence-corrected chi connectivity index (χ0v) is 9.78. The summed E-state index contributed by atoms with van der Waals surface area (Å²) >= 11 is 0. The summed E-state index contributed by atoms with van der Waals surface area (Å²) in [4.78, 5) is 27.5. The molecule has 0 saturated carbocycles. The third kappa shape index (κ3) is 3.00. The van der Waals surface area contributed by atoms with Crippen LogP contribution < -0.4 is 0 Å². The van der Waals surface area contributed by atoms with Crippen LogP contribution in [0.1, 0.15) is 10.4 Å². The van der Waals surface area contributed by atoms with Crippen molar-refractivity contribution in [3.63, 3.8) is 0 Å². The number of carbonyl (C=O) groups excluding carboxylic acids is 1. The first-order valence-corrected chi connectivity index (χ1v) is 5.21. The maximum Gasteiger partial charge on any atom is 0.285 e. The Bertz CT molecular complexity index is 475. The van der Waals surface area contributed by atoms with E-state index in [2.05, 4.69) is 18.1 Å². The third-order valence-corrected chi connectivity index (χ3v) is 2.21. The molecule has 1 aromatic rings. The van der Waals surface area contributed by atoms with E-state index < -0.39 is 10.8 Å². The maximum absolute atomic E-state index is 12.1. The monoisotopic (exact) mass is 247 g/mol. The van der Waals surface area contributed by atoms with E-state index in [1.54, 1.807) is 12.2 Å². The number of aromatic nitrogens is 1. The molecular weight excluding hydrogens is 234 g/mol. The molecule has 1 amide bonds. The first-order valence-electron chi connectivity index (χ1n) is 5.21. The lowest BCUT2D eigenvalue weighted by Gasteiger charge is -2.18. The highest BCUT2D eigenvalue weighted by molar-refractivity contribution is 5.97. The van der Waals surface area contributed by atoms with Crippen LogP contribution in [0, 0.1) is 10.1 Å². The highest BCUT2D eigenvalue weighted by atomic mass is 16.6. The van der Waals surface area contributed by atoms with Crippen LogP contribution in [0.25, 0.3) is 0 Å². The smallest absolute Gasteiger partial charge is 0.285 e. The first kappa shape index (κ1) is 13.6. The molecule has 1 heterocycles. The van der Waals surface area contributed by atoms with Gasteiger partial charge in [0.25, 0.3) is 11.6 Å². The standard InChI is InChI=1S/C12H13N3O3/c1-3-7-14(8-4-2)12(16)10-9-13-6-5-11(10)15(17)18/h3-6,9H,1-2,7-8H2. The molecule has 0 radical (unpaired) electrons. The Morgan fingerprint density at radius 1 is 1.44 bits per heavy atom. The van der Waals surface area contributed by atoms with Gasteiger partial charge in [-0.1, -0.05) is 12.2 Å². The fraction of sp³-hybridized carbons (Fsp3) is 0.167. The van der Waals surface area contributed by atoms with Gasteiger partial charge in [-0.05, 0) is 0 Å². The molecule has 0 unspecified atom stereocenters. The fourth-order valence-electron chi connectivity index (χ4n) is 1.43. The van der Waals surface area contributed by atoms with E-state index >= 15 is 0 Å². The molecule has 1 aromatic heterocycles. The van der Waals surface area contributed by atoms with E-state index in [0.717, 1.165) is 0 Å². The highest BCUT2D eigenvalue weighted by Crippen LogP contribution is 2.18. The highest BCUT2D eigenvalue weighted by Gasteiger charge is 2.23. The van der Waals surface area contributed by atoms with Crippen LogP contribution in [0.3, 0.4) is 0 Å². The fourth-order valence-corrected chi connectivity index (χ4v) is 1.43. The van der Waals surface area contributed by atoms with Gasteiger partial charge in [0.15, 0.2) is 0 Å². The summed E-state index contributed by atoms with van der Waals surface area (Å²) in [6, 6.07) is 1.20. The molecule has 0 bridgehead atoms. The molecule has 18 heavy (non-hydrogen) atoms. The van der Waals surface area contributed by atoms with Gasteiger partial charge in [-0.3, -0.25) is 19.9 Å². The Hall–Kier alpha value is -2.50. The lowest BCUT2D eigenvalue weighted by atomic mass is 10.2. The van der Waals surface area contributed by atoms with Gasteiger partial charge in [-0.25, -0.2) is 0 Å². The topological polar surface area (TPSA) is 76.3 Å². The molecule has 6 nitrogen and oxygen atoms in total. The van der Waals surface area contributed by atoms with E-state index in [9.17, 15) is 14.9 Å². The van der Waals surface area contributed by atoms with Gasteiger partial charge >= 0.3 is 0 Å². The molecular formula is C12H13N3O3. The summed E-state index contributed by atoms with van der Waals surface area (Å²) in [7, 11) is 0. The Labute approximate surface area is 104 Å². The molecule has 0 aliphatic rings. The third-order valence-electron chi connectivity index (χ3n) is 2.21. The van der Waals surface area contributed by atoms with Crippen molar-refractivity contribution in [2.75, 3.05) is 13.1 Å². The molecule has 6 heteroatoms. The van der Waals surface area contributed by atoms with Crippen molar-refractivity contribution in [3.05, 3.63) is 59.4 Å². The Morgan fingerprint density at radius 2 is 2.06 bits per heavy atom. The molecule has 0 atom stereocenters. The van der Waals surface area contributed by atoms with Crippen molar-refractivity contribution >= 4 is 11.6 Å². The quantitative estimate of drug-likeness (QED) is 0.436. The summed E-state index contributed by atoms with van der Waals surface area (Å²) in [6.45, 7) is 7.65. The zero-order valence-electron chi connectivity index (χ0n) is 9.78. The number of rotatable bonds is 6. The Morgan fingerprint density at radius 3 is 2.56 bits per heavy atom. The zero-order chi connectivity index (χ0) is 13.5. The molecule has 0 saturated heterocycles. The minimum Gasteiger partial charge on any atom is -0.331 e. The van der Waals surface area contributed by atoms with Crippen molar-refractivity contribution in [2.24, 2.45) is 0 Å². The largest absolute Gasteiger partial charge is 0.331 e. The van der Waals surface area contributed by atoms with Gasteiger partial charge in [-0.15, -0.1) is 13.2 Å². The maximum atomic E-state index is 12.1. The summed E-state index contributed by atoms with van der Waals surface area (Å²) in [6.07, 6.45) is 5.56. The van der Waals surface area contributed by atoms with Crippen molar-refractivity contribution in [1.82, 2.24) is 9.88 Å². The van der Waals surface area contributed by atoms with Crippen LogP contribution in [0.4, 0.5) is 5.69 Å². The summed E-state index contributed by atoms with van der Waals surface area (Å²) in [5.74, 6) is -0.463. The lowest BCUT2D eigenvalue weighted by Crippen LogP contribution is -2.31.